The maximum Gasteiger partial charge on any atom is 0.256 e. The van der Waals surface area contributed by atoms with Crippen LogP contribution in [0, 0.1) is 6.92 Å². The van der Waals surface area contributed by atoms with Crippen LogP contribution in [0.15, 0.2) is 48.5 Å². The number of rotatable bonds is 3. The van der Waals surface area contributed by atoms with Crippen LogP contribution in [0.2, 0.25) is 10.2 Å². The van der Waals surface area contributed by atoms with E-state index in [4.69, 9.17) is 23.2 Å². The predicted octanol–water partition coefficient (Wildman–Crippen LogP) is 5.04. The number of amides is 1. The predicted molar refractivity (Wildman–Crippen MR) is 105 cm³/mol. The maximum atomic E-state index is 12.3. The highest BCUT2D eigenvalue weighted by molar-refractivity contribution is 6.36. The molecule has 3 aromatic rings. The minimum atomic E-state index is -0.138. The molecule has 4 nitrogen and oxygen atoms in total. The molecule has 1 amide bonds. The van der Waals surface area contributed by atoms with Gasteiger partial charge in [-0.2, -0.15) is 5.10 Å². The molecule has 0 unspecified atom stereocenters. The molecule has 0 saturated carbocycles. The first-order chi connectivity index (χ1) is 12.5. The van der Waals surface area contributed by atoms with Gasteiger partial charge >= 0.3 is 0 Å². The monoisotopic (exact) mass is 383 g/mol. The maximum absolute atomic E-state index is 12.3. The van der Waals surface area contributed by atoms with Gasteiger partial charge in [0.2, 0.25) is 0 Å². The average Bonchev–Trinajstić information content (AvgIpc) is 3.08. The number of carbonyl (C=O) groups excluding carboxylic acids is 1. The summed E-state index contributed by atoms with van der Waals surface area (Å²) in [6, 6.07) is 15.2. The smallest absolute Gasteiger partial charge is 0.256 e. The van der Waals surface area contributed by atoms with E-state index in [-0.39, 0.29) is 5.91 Å². The van der Waals surface area contributed by atoms with Crippen molar-refractivity contribution < 1.29 is 4.79 Å². The molecular weight excluding hydrogens is 369 g/mol. The number of anilines is 1. The van der Waals surface area contributed by atoms with Gasteiger partial charge in [-0.3, -0.25) is 4.79 Å². The number of hydrogen-bond donors (Lipinski definition) is 1. The van der Waals surface area contributed by atoms with E-state index in [9.17, 15) is 4.79 Å². The highest BCUT2D eigenvalue weighted by Crippen LogP contribution is 2.34. The first kappa shape index (κ1) is 16.9. The molecule has 6 heteroatoms. The van der Waals surface area contributed by atoms with Gasteiger partial charge in [-0.15, -0.1) is 0 Å². The Labute approximate surface area is 161 Å². The van der Waals surface area contributed by atoms with Gasteiger partial charge in [-0.1, -0.05) is 59.6 Å². The third-order valence-corrected chi connectivity index (χ3v) is 5.15. The van der Waals surface area contributed by atoms with E-state index in [0.29, 0.717) is 22.3 Å². The first-order valence-corrected chi connectivity index (χ1v) is 8.89. The van der Waals surface area contributed by atoms with Gasteiger partial charge in [0.05, 0.1) is 12.2 Å². The Morgan fingerprint density at radius 1 is 1.12 bits per heavy atom. The average molecular weight is 384 g/mol. The zero-order valence-electron chi connectivity index (χ0n) is 14.0. The first-order valence-electron chi connectivity index (χ1n) is 8.13. The van der Waals surface area contributed by atoms with Crippen molar-refractivity contribution in [2.75, 3.05) is 5.32 Å². The van der Waals surface area contributed by atoms with Crippen LogP contribution < -0.4 is 5.32 Å². The van der Waals surface area contributed by atoms with Gasteiger partial charge in [0.25, 0.3) is 5.91 Å². The van der Waals surface area contributed by atoms with Crippen molar-refractivity contribution in [1.82, 2.24) is 9.78 Å². The van der Waals surface area contributed by atoms with E-state index < -0.39 is 0 Å². The fourth-order valence-electron chi connectivity index (χ4n) is 3.05. The van der Waals surface area contributed by atoms with Crippen LogP contribution in [0.4, 0.5) is 5.69 Å². The minimum Gasteiger partial charge on any atom is -0.321 e. The molecule has 26 heavy (non-hydrogen) atoms. The van der Waals surface area contributed by atoms with Crippen molar-refractivity contribution >= 4 is 46.4 Å². The third-order valence-electron chi connectivity index (χ3n) is 4.39. The number of fused-ring (bicyclic) bond motifs is 1. The van der Waals surface area contributed by atoms with Crippen LogP contribution in [-0.4, -0.2) is 15.7 Å². The molecule has 0 atom stereocenters. The van der Waals surface area contributed by atoms with Crippen LogP contribution >= 0.6 is 23.2 Å². The Morgan fingerprint density at radius 3 is 2.65 bits per heavy atom. The summed E-state index contributed by atoms with van der Waals surface area (Å²) in [5, 5.41) is 8.53. The van der Waals surface area contributed by atoms with E-state index in [1.54, 1.807) is 10.8 Å². The van der Waals surface area contributed by atoms with E-state index in [1.165, 1.54) is 0 Å². The Balaban J connectivity index is 1.74. The van der Waals surface area contributed by atoms with Crippen LogP contribution in [0.3, 0.4) is 0 Å². The molecule has 0 fully saturated rings. The third kappa shape index (κ3) is 2.91. The number of nitrogens with one attached hydrogen (secondary N) is 1. The van der Waals surface area contributed by atoms with Crippen molar-refractivity contribution in [2.45, 2.75) is 13.5 Å². The Hall–Kier alpha value is -2.56. The van der Waals surface area contributed by atoms with E-state index in [0.717, 1.165) is 28.1 Å². The van der Waals surface area contributed by atoms with Crippen LogP contribution in [0.5, 0.6) is 0 Å². The summed E-state index contributed by atoms with van der Waals surface area (Å²) in [6.07, 6.45) is 1.80. The van der Waals surface area contributed by atoms with E-state index in [2.05, 4.69) is 10.4 Å². The Bertz CT molecular complexity index is 1050. The minimum absolute atomic E-state index is 0.138. The van der Waals surface area contributed by atoms with Gasteiger partial charge < -0.3 is 5.32 Å². The normalized spacial score (nSPS) is 14.6. The zero-order valence-corrected chi connectivity index (χ0v) is 15.5. The molecule has 2 heterocycles. The van der Waals surface area contributed by atoms with Crippen molar-refractivity contribution in [3.8, 4) is 0 Å². The van der Waals surface area contributed by atoms with E-state index in [1.807, 2.05) is 55.5 Å². The molecular formula is C20H15Cl2N3O. The summed E-state index contributed by atoms with van der Waals surface area (Å²) in [5.41, 5.74) is 4.68. The Morgan fingerprint density at radius 2 is 1.85 bits per heavy atom. The lowest BCUT2D eigenvalue weighted by molar-refractivity contribution is -0.110. The van der Waals surface area contributed by atoms with Crippen LogP contribution in [0.1, 0.15) is 22.4 Å². The Kier molecular flexibility index (Phi) is 4.31. The fraction of sp³-hybridized carbons (Fsp3) is 0.100. The molecule has 1 aromatic heterocycles. The number of para-hydroxylation sites is 1. The van der Waals surface area contributed by atoms with Gasteiger partial charge in [0.15, 0.2) is 0 Å². The molecule has 2 aromatic carbocycles. The standard InChI is InChI=1S/C20H15Cl2N3O/c1-12-15(10-16-14-7-3-5-9-18(14)23-20(16)26)19(22)25(24-12)11-13-6-2-4-8-17(13)21/h2-10H,11H2,1H3,(H,23,26)/b16-10+. The molecule has 1 aliphatic rings. The summed E-state index contributed by atoms with van der Waals surface area (Å²) in [7, 11) is 0. The second-order valence-corrected chi connectivity index (χ2v) is 6.86. The van der Waals surface area contributed by atoms with Crippen LogP contribution in [0.25, 0.3) is 11.6 Å². The zero-order chi connectivity index (χ0) is 18.3. The molecule has 4 rings (SSSR count). The van der Waals surface area contributed by atoms with Gasteiger partial charge in [0.1, 0.15) is 5.15 Å². The molecule has 0 bridgehead atoms. The number of halogens is 2. The van der Waals surface area contributed by atoms with Crippen molar-refractivity contribution in [3.05, 3.63) is 81.1 Å². The molecule has 1 aliphatic heterocycles. The van der Waals surface area contributed by atoms with Crippen molar-refractivity contribution in [1.29, 1.82) is 0 Å². The molecule has 0 radical (unpaired) electrons. The second-order valence-electron chi connectivity index (χ2n) is 6.10. The number of aryl methyl sites for hydroxylation is 1. The number of benzene rings is 2. The molecule has 130 valence electrons. The lowest BCUT2D eigenvalue weighted by Crippen LogP contribution is -2.03. The van der Waals surface area contributed by atoms with Gasteiger partial charge in [0, 0.05) is 27.4 Å². The summed E-state index contributed by atoms with van der Waals surface area (Å²) in [4.78, 5) is 12.3. The topological polar surface area (TPSA) is 46.9 Å². The number of aromatic nitrogens is 2. The lowest BCUT2D eigenvalue weighted by Gasteiger charge is -2.05. The molecule has 1 N–H and O–H groups in total. The summed E-state index contributed by atoms with van der Waals surface area (Å²) < 4.78 is 1.70. The number of carbonyl (C=O) groups is 1. The lowest BCUT2D eigenvalue weighted by atomic mass is 10.0. The summed E-state index contributed by atoms with van der Waals surface area (Å²) >= 11 is 12.8. The quantitative estimate of drug-likeness (QED) is 0.643. The number of hydrogen-bond acceptors (Lipinski definition) is 2. The van der Waals surface area contributed by atoms with Crippen molar-refractivity contribution in [3.63, 3.8) is 0 Å². The van der Waals surface area contributed by atoms with Crippen molar-refractivity contribution in [2.24, 2.45) is 0 Å². The summed E-state index contributed by atoms with van der Waals surface area (Å²) in [6.45, 7) is 2.34. The number of nitrogens with zero attached hydrogens (tertiary/aromatic N) is 2. The second kappa shape index (κ2) is 6.63. The molecule has 0 saturated heterocycles. The fourth-order valence-corrected chi connectivity index (χ4v) is 3.53. The summed E-state index contributed by atoms with van der Waals surface area (Å²) in [5.74, 6) is -0.138. The van der Waals surface area contributed by atoms with Crippen LogP contribution in [-0.2, 0) is 11.3 Å². The highest BCUT2D eigenvalue weighted by Gasteiger charge is 2.25. The van der Waals surface area contributed by atoms with E-state index >= 15 is 0 Å². The molecule has 0 aliphatic carbocycles. The van der Waals surface area contributed by atoms with Gasteiger partial charge in [-0.05, 0) is 30.7 Å². The largest absolute Gasteiger partial charge is 0.321 e. The molecule has 0 spiro atoms. The van der Waals surface area contributed by atoms with Gasteiger partial charge in [-0.25, -0.2) is 4.68 Å². The highest BCUT2D eigenvalue weighted by atomic mass is 35.5. The SMILES string of the molecule is Cc1nn(Cc2ccccc2Cl)c(Cl)c1/C=C1/C(=O)Nc2ccccc21.